The van der Waals surface area contributed by atoms with Crippen LogP contribution < -0.4 is 0 Å². The number of likely N-dealkylation sites (tertiary alicyclic amines) is 1. The Kier molecular flexibility index (Phi) is 5.58. The molecule has 1 fully saturated rings. The third-order valence-corrected chi connectivity index (χ3v) is 5.16. The lowest BCUT2D eigenvalue weighted by Crippen LogP contribution is -2.35. The van der Waals surface area contributed by atoms with Crippen molar-refractivity contribution in [3.8, 4) is 11.4 Å². The Morgan fingerprint density at radius 1 is 1.11 bits per heavy atom. The van der Waals surface area contributed by atoms with Crippen molar-refractivity contribution in [1.82, 2.24) is 15.0 Å². The molecule has 5 heteroatoms. The summed E-state index contributed by atoms with van der Waals surface area (Å²) in [5.41, 5.74) is 2.04. The van der Waals surface area contributed by atoms with Crippen LogP contribution in [0.25, 0.3) is 11.4 Å². The molecule has 27 heavy (non-hydrogen) atoms. The molecule has 1 aliphatic rings. The molecule has 1 aromatic heterocycles. The summed E-state index contributed by atoms with van der Waals surface area (Å²) in [6.45, 7) is 3.14. The van der Waals surface area contributed by atoms with Crippen molar-refractivity contribution in [2.24, 2.45) is 0 Å². The van der Waals surface area contributed by atoms with Gasteiger partial charge in [0, 0.05) is 12.1 Å². The Hall–Kier alpha value is -2.53. The summed E-state index contributed by atoms with van der Waals surface area (Å²) in [5, 5.41) is 4.06. The molecule has 2 heterocycles. The molecule has 0 amide bonds. The van der Waals surface area contributed by atoms with Crippen LogP contribution in [0, 0.1) is 5.82 Å². The first-order valence-electron chi connectivity index (χ1n) is 9.64. The molecule has 1 aliphatic heterocycles. The molecule has 0 aliphatic carbocycles. The standard InChI is InChI=1S/C22H24FN3O/c23-20-12-4-10-18(15-20)21-24-22(27-25-21)19-11-6-14-26(16-19)13-5-9-17-7-2-1-3-8-17/h1-4,7-8,10,12,15,19H,5-6,9,11,13-14,16H2. The summed E-state index contributed by atoms with van der Waals surface area (Å²) in [5.74, 6) is 1.10. The molecule has 1 unspecified atom stereocenters. The third kappa shape index (κ3) is 4.61. The van der Waals surface area contributed by atoms with Gasteiger partial charge in [0.25, 0.3) is 0 Å². The number of aryl methyl sites for hydroxylation is 1. The fraction of sp³-hybridized carbons (Fsp3) is 0.364. The van der Waals surface area contributed by atoms with Gasteiger partial charge in [0.15, 0.2) is 0 Å². The molecule has 1 saturated heterocycles. The maximum absolute atomic E-state index is 13.4. The monoisotopic (exact) mass is 365 g/mol. The SMILES string of the molecule is Fc1cccc(-c2noc(C3CCCN(CCCc4ccccc4)C3)n2)c1. The largest absolute Gasteiger partial charge is 0.339 e. The van der Waals surface area contributed by atoms with Crippen molar-refractivity contribution < 1.29 is 8.91 Å². The average molecular weight is 365 g/mol. The van der Waals surface area contributed by atoms with Crippen LogP contribution in [-0.4, -0.2) is 34.7 Å². The smallest absolute Gasteiger partial charge is 0.231 e. The zero-order valence-corrected chi connectivity index (χ0v) is 15.4. The second-order valence-corrected chi connectivity index (χ2v) is 7.20. The maximum atomic E-state index is 13.4. The number of nitrogens with zero attached hydrogens (tertiary/aromatic N) is 3. The minimum absolute atomic E-state index is 0.255. The van der Waals surface area contributed by atoms with E-state index >= 15 is 0 Å². The molecule has 4 nitrogen and oxygen atoms in total. The molecule has 0 N–H and O–H groups in total. The number of hydrogen-bond donors (Lipinski definition) is 0. The van der Waals surface area contributed by atoms with Gasteiger partial charge in [0.1, 0.15) is 5.82 Å². The molecular formula is C22H24FN3O. The van der Waals surface area contributed by atoms with Crippen molar-refractivity contribution >= 4 is 0 Å². The van der Waals surface area contributed by atoms with Gasteiger partial charge in [-0.3, -0.25) is 0 Å². The molecule has 0 bridgehead atoms. The first kappa shape index (κ1) is 17.9. The quantitative estimate of drug-likeness (QED) is 0.636. The molecule has 0 radical (unpaired) electrons. The Bertz CT molecular complexity index is 865. The van der Waals surface area contributed by atoms with Gasteiger partial charge in [-0.2, -0.15) is 4.98 Å². The van der Waals surface area contributed by atoms with Crippen LogP contribution in [0.3, 0.4) is 0 Å². The van der Waals surface area contributed by atoms with Crippen molar-refractivity contribution in [1.29, 1.82) is 0 Å². The van der Waals surface area contributed by atoms with Crippen LogP contribution in [0.1, 0.15) is 36.6 Å². The number of hydrogen-bond acceptors (Lipinski definition) is 4. The number of piperidine rings is 1. The fourth-order valence-electron chi connectivity index (χ4n) is 3.76. The lowest BCUT2D eigenvalue weighted by molar-refractivity contribution is 0.185. The lowest BCUT2D eigenvalue weighted by atomic mass is 9.97. The van der Waals surface area contributed by atoms with Gasteiger partial charge in [-0.05, 0) is 56.5 Å². The van der Waals surface area contributed by atoms with Crippen molar-refractivity contribution in [3.05, 3.63) is 71.9 Å². The Morgan fingerprint density at radius 3 is 2.85 bits per heavy atom. The Balaban J connectivity index is 1.34. The summed E-state index contributed by atoms with van der Waals surface area (Å²) >= 11 is 0. The summed E-state index contributed by atoms with van der Waals surface area (Å²) in [7, 11) is 0. The van der Waals surface area contributed by atoms with E-state index in [1.807, 2.05) is 0 Å². The van der Waals surface area contributed by atoms with Crippen LogP contribution in [0.2, 0.25) is 0 Å². The molecule has 4 rings (SSSR count). The zero-order chi connectivity index (χ0) is 18.5. The highest BCUT2D eigenvalue weighted by molar-refractivity contribution is 5.53. The van der Waals surface area contributed by atoms with Crippen LogP contribution in [0.15, 0.2) is 59.1 Å². The van der Waals surface area contributed by atoms with Crippen LogP contribution in [0.4, 0.5) is 4.39 Å². The second-order valence-electron chi connectivity index (χ2n) is 7.20. The number of halogens is 1. The van der Waals surface area contributed by atoms with E-state index in [0.29, 0.717) is 17.3 Å². The first-order valence-corrected chi connectivity index (χ1v) is 9.64. The minimum atomic E-state index is -0.291. The molecule has 0 saturated carbocycles. The van der Waals surface area contributed by atoms with E-state index in [0.717, 1.165) is 45.3 Å². The van der Waals surface area contributed by atoms with E-state index in [2.05, 4.69) is 45.4 Å². The van der Waals surface area contributed by atoms with Crippen LogP contribution >= 0.6 is 0 Å². The topological polar surface area (TPSA) is 42.2 Å². The van der Waals surface area contributed by atoms with E-state index in [1.165, 1.54) is 17.7 Å². The normalized spacial score (nSPS) is 17.9. The number of aromatic nitrogens is 2. The van der Waals surface area contributed by atoms with Crippen LogP contribution in [-0.2, 0) is 6.42 Å². The van der Waals surface area contributed by atoms with E-state index in [-0.39, 0.29) is 11.7 Å². The van der Waals surface area contributed by atoms with Crippen molar-refractivity contribution in [2.75, 3.05) is 19.6 Å². The van der Waals surface area contributed by atoms with Gasteiger partial charge in [0.05, 0.1) is 5.92 Å². The van der Waals surface area contributed by atoms with Gasteiger partial charge < -0.3 is 9.42 Å². The molecule has 3 aromatic rings. The summed E-state index contributed by atoms with van der Waals surface area (Å²) in [4.78, 5) is 7.03. The Labute approximate surface area is 159 Å². The first-order chi connectivity index (χ1) is 13.3. The predicted octanol–water partition coefficient (Wildman–Crippen LogP) is 4.69. The maximum Gasteiger partial charge on any atom is 0.231 e. The number of rotatable bonds is 6. The lowest BCUT2D eigenvalue weighted by Gasteiger charge is -2.30. The molecule has 140 valence electrons. The highest BCUT2D eigenvalue weighted by Gasteiger charge is 2.26. The van der Waals surface area contributed by atoms with Gasteiger partial charge in [0.2, 0.25) is 11.7 Å². The highest BCUT2D eigenvalue weighted by atomic mass is 19.1. The minimum Gasteiger partial charge on any atom is -0.339 e. The third-order valence-electron chi connectivity index (χ3n) is 5.16. The predicted molar refractivity (Wildman–Crippen MR) is 103 cm³/mol. The second kappa shape index (κ2) is 8.44. The van der Waals surface area contributed by atoms with E-state index in [9.17, 15) is 4.39 Å². The zero-order valence-electron chi connectivity index (χ0n) is 15.4. The summed E-state index contributed by atoms with van der Waals surface area (Å²) in [6, 6.07) is 16.9. The van der Waals surface area contributed by atoms with Crippen LogP contribution in [0.5, 0.6) is 0 Å². The molecule has 2 aromatic carbocycles. The summed E-state index contributed by atoms with van der Waals surface area (Å²) < 4.78 is 18.9. The van der Waals surface area contributed by atoms with Gasteiger partial charge in [-0.25, -0.2) is 4.39 Å². The van der Waals surface area contributed by atoms with Gasteiger partial charge in [-0.15, -0.1) is 0 Å². The van der Waals surface area contributed by atoms with Gasteiger partial charge >= 0.3 is 0 Å². The average Bonchev–Trinajstić information content (AvgIpc) is 3.20. The van der Waals surface area contributed by atoms with Crippen molar-refractivity contribution in [3.63, 3.8) is 0 Å². The van der Waals surface area contributed by atoms with E-state index in [1.54, 1.807) is 12.1 Å². The van der Waals surface area contributed by atoms with E-state index < -0.39 is 0 Å². The fourth-order valence-corrected chi connectivity index (χ4v) is 3.76. The molecular weight excluding hydrogens is 341 g/mol. The Morgan fingerprint density at radius 2 is 2.00 bits per heavy atom. The van der Waals surface area contributed by atoms with E-state index in [4.69, 9.17) is 4.52 Å². The molecule has 1 atom stereocenters. The summed E-state index contributed by atoms with van der Waals surface area (Å²) in [6.07, 6.45) is 4.44. The number of benzene rings is 2. The highest BCUT2D eigenvalue weighted by Crippen LogP contribution is 2.28. The van der Waals surface area contributed by atoms with Crippen molar-refractivity contribution in [2.45, 2.75) is 31.6 Å². The van der Waals surface area contributed by atoms with Gasteiger partial charge in [-0.1, -0.05) is 47.6 Å². The molecule has 0 spiro atoms.